The van der Waals surface area contributed by atoms with Crippen molar-refractivity contribution >= 4 is 5.97 Å². The predicted octanol–water partition coefficient (Wildman–Crippen LogP) is 2.13. The smallest absolute Gasteiger partial charge is 0.334 e. The summed E-state index contributed by atoms with van der Waals surface area (Å²) in [5.41, 5.74) is 1.79. The van der Waals surface area contributed by atoms with Gasteiger partial charge in [0, 0.05) is 12.2 Å². The molecule has 0 aromatic rings. The number of ether oxygens (including phenoxy) is 1. The minimum absolute atomic E-state index is 0.110. The number of carbonyl (C=O) groups is 1. The molecule has 0 aliphatic carbocycles. The summed E-state index contributed by atoms with van der Waals surface area (Å²) < 4.78 is 4.99. The van der Waals surface area contributed by atoms with E-state index in [1.54, 1.807) is 0 Å². The van der Waals surface area contributed by atoms with E-state index in [2.05, 4.69) is 0 Å². The molecule has 0 unspecified atom stereocenters. The lowest BCUT2D eigenvalue weighted by Gasteiger charge is -1.99. The molecule has 0 atom stereocenters. The lowest BCUT2D eigenvalue weighted by molar-refractivity contribution is -0.136. The topological polar surface area (TPSA) is 46.5 Å². The molecule has 0 radical (unpaired) electrons. The van der Waals surface area contributed by atoms with E-state index >= 15 is 0 Å². The molecule has 88 valence electrons. The van der Waals surface area contributed by atoms with E-state index < -0.39 is 0 Å². The fourth-order valence-electron chi connectivity index (χ4n) is 1.59. The molecule has 1 aliphatic heterocycles. The lowest BCUT2D eigenvalue weighted by Crippen LogP contribution is -2.00. The molecule has 0 aromatic carbocycles. The van der Waals surface area contributed by atoms with Crippen LogP contribution in [0.4, 0.5) is 0 Å². The first-order valence-electron chi connectivity index (χ1n) is 5.56. The van der Waals surface area contributed by atoms with Gasteiger partial charge >= 0.3 is 5.97 Å². The molecule has 0 amide bonds. The summed E-state index contributed by atoms with van der Waals surface area (Å²) in [6.45, 7) is 2.47. The lowest BCUT2D eigenvalue weighted by atomic mass is 10.0. The van der Waals surface area contributed by atoms with Crippen molar-refractivity contribution in [3.05, 3.63) is 35.5 Å². The number of hydrogen-bond acceptors (Lipinski definition) is 3. The first kappa shape index (κ1) is 12.7. The Balaban J connectivity index is 2.59. The molecule has 3 nitrogen and oxygen atoms in total. The van der Waals surface area contributed by atoms with E-state index in [4.69, 9.17) is 9.84 Å². The fourth-order valence-corrected chi connectivity index (χ4v) is 1.59. The van der Waals surface area contributed by atoms with E-state index in [1.165, 1.54) is 0 Å². The summed E-state index contributed by atoms with van der Waals surface area (Å²) in [6.07, 6.45) is 9.85. The molecule has 3 heteroatoms. The largest absolute Gasteiger partial charge is 0.458 e. The van der Waals surface area contributed by atoms with Crippen LogP contribution < -0.4 is 0 Å². The van der Waals surface area contributed by atoms with E-state index in [0.717, 1.165) is 17.6 Å². The van der Waals surface area contributed by atoms with Gasteiger partial charge in [0.15, 0.2) is 0 Å². The number of aliphatic hydroxyl groups is 1. The second-order valence-corrected chi connectivity index (χ2v) is 3.64. The van der Waals surface area contributed by atoms with E-state index in [1.807, 2.05) is 31.2 Å². The minimum Gasteiger partial charge on any atom is -0.458 e. The molecule has 0 bridgehead atoms. The third-order valence-electron chi connectivity index (χ3n) is 2.44. The Morgan fingerprint density at radius 1 is 1.44 bits per heavy atom. The Morgan fingerprint density at radius 3 is 2.94 bits per heavy atom. The fraction of sp³-hybridized carbons (Fsp3) is 0.462. The molecule has 1 N–H and O–H groups in total. The molecule has 1 aliphatic rings. The van der Waals surface area contributed by atoms with Crippen LogP contribution in [0.1, 0.15) is 26.2 Å². The van der Waals surface area contributed by atoms with Gasteiger partial charge in [0.2, 0.25) is 0 Å². The molecular formula is C13H18O3. The summed E-state index contributed by atoms with van der Waals surface area (Å²) in [5.74, 6) is -0.220. The van der Waals surface area contributed by atoms with Gasteiger partial charge in [0.05, 0.1) is 0 Å². The number of esters is 1. The average Bonchev–Trinajstić information content (AvgIpc) is 2.63. The van der Waals surface area contributed by atoms with Crippen molar-refractivity contribution in [1.82, 2.24) is 0 Å². The highest BCUT2D eigenvalue weighted by atomic mass is 16.5. The van der Waals surface area contributed by atoms with Gasteiger partial charge in [-0.3, -0.25) is 0 Å². The molecule has 16 heavy (non-hydrogen) atoms. The quantitative estimate of drug-likeness (QED) is 0.553. The van der Waals surface area contributed by atoms with Crippen LogP contribution in [0.5, 0.6) is 0 Å². The van der Waals surface area contributed by atoms with Crippen molar-refractivity contribution in [2.75, 3.05) is 13.2 Å². The van der Waals surface area contributed by atoms with Crippen LogP contribution in [0.3, 0.4) is 0 Å². The van der Waals surface area contributed by atoms with Gasteiger partial charge < -0.3 is 9.84 Å². The molecule has 0 aromatic heterocycles. The maximum absolute atomic E-state index is 11.4. The zero-order valence-electron chi connectivity index (χ0n) is 9.61. The molecular weight excluding hydrogens is 204 g/mol. The first-order valence-corrected chi connectivity index (χ1v) is 5.56. The van der Waals surface area contributed by atoms with Gasteiger partial charge in [-0.05, 0) is 31.8 Å². The molecule has 0 fully saturated rings. The molecule has 0 saturated heterocycles. The van der Waals surface area contributed by atoms with Crippen LogP contribution in [-0.2, 0) is 9.53 Å². The monoisotopic (exact) mass is 222 g/mol. The van der Waals surface area contributed by atoms with Crippen LogP contribution in [0.15, 0.2) is 35.5 Å². The molecule has 1 heterocycles. The van der Waals surface area contributed by atoms with Crippen molar-refractivity contribution in [3.8, 4) is 0 Å². The molecule has 1 rings (SSSR count). The number of rotatable bonds is 6. The van der Waals surface area contributed by atoms with Gasteiger partial charge in [-0.15, -0.1) is 0 Å². The summed E-state index contributed by atoms with van der Waals surface area (Å²) in [6, 6.07) is 0. The van der Waals surface area contributed by atoms with E-state index in [9.17, 15) is 4.79 Å². The molecule has 0 saturated carbocycles. The van der Waals surface area contributed by atoms with Gasteiger partial charge in [0.25, 0.3) is 0 Å². The maximum atomic E-state index is 11.4. The zero-order valence-corrected chi connectivity index (χ0v) is 9.61. The number of hydrogen-bond donors (Lipinski definition) is 1. The van der Waals surface area contributed by atoms with Gasteiger partial charge in [0.1, 0.15) is 6.61 Å². The first-order chi connectivity index (χ1) is 7.79. The summed E-state index contributed by atoms with van der Waals surface area (Å²) >= 11 is 0. The van der Waals surface area contributed by atoms with Crippen molar-refractivity contribution in [1.29, 1.82) is 0 Å². The Morgan fingerprint density at radius 2 is 2.25 bits per heavy atom. The summed E-state index contributed by atoms with van der Waals surface area (Å²) in [5, 5.41) is 8.75. The van der Waals surface area contributed by atoms with Crippen LogP contribution in [0.2, 0.25) is 0 Å². The van der Waals surface area contributed by atoms with Crippen molar-refractivity contribution < 1.29 is 14.6 Å². The number of allylic oxidation sites excluding steroid dienone is 4. The van der Waals surface area contributed by atoms with E-state index in [0.29, 0.717) is 19.4 Å². The highest BCUT2D eigenvalue weighted by molar-refractivity contribution is 5.91. The third kappa shape index (κ3) is 3.66. The Hall–Kier alpha value is -1.35. The van der Waals surface area contributed by atoms with Crippen LogP contribution in [-0.4, -0.2) is 24.3 Å². The Labute approximate surface area is 96.1 Å². The zero-order chi connectivity index (χ0) is 11.8. The normalized spacial score (nSPS) is 16.8. The van der Waals surface area contributed by atoms with Gasteiger partial charge in [-0.25, -0.2) is 4.79 Å². The summed E-state index contributed by atoms with van der Waals surface area (Å²) in [4.78, 5) is 11.4. The number of aliphatic hydroxyl groups excluding tert-OH is 1. The van der Waals surface area contributed by atoms with E-state index in [-0.39, 0.29) is 12.6 Å². The van der Waals surface area contributed by atoms with Crippen molar-refractivity contribution in [2.45, 2.75) is 26.2 Å². The summed E-state index contributed by atoms with van der Waals surface area (Å²) in [7, 11) is 0. The standard InChI is InChI=1S/C13H18O3/c1-2-3-4-5-7-11-10-16-13(15)12(11)8-6-9-14/h2-5,14H,6-10H2,1H3. The van der Waals surface area contributed by atoms with Crippen LogP contribution in [0, 0.1) is 0 Å². The van der Waals surface area contributed by atoms with Crippen molar-refractivity contribution in [3.63, 3.8) is 0 Å². The third-order valence-corrected chi connectivity index (χ3v) is 2.44. The minimum atomic E-state index is -0.220. The predicted molar refractivity (Wildman–Crippen MR) is 62.9 cm³/mol. The number of cyclic esters (lactones) is 1. The second kappa shape index (κ2) is 7.01. The van der Waals surface area contributed by atoms with Crippen molar-refractivity contribution in [2.24, 2.45) is 0 Å². The average molecular weight is 222 g/mol. The second-order valence-electron chi connectivity index (χ2n) is 3.64. The van der Waals surface area contributed by atoms with Crippen LogP contribution in [0.25, 0.3) is 0 Å². The maximum Gasteiger partial charge on any atom is 0.334 e. The highest BCUT2D eigenvalue weighted by Crippen LogP contribution is 2.23. The van der Waals surface area contributed by atoms with Gasteiger partial charge in [-0.1, -0.05) is 24.3 Å². The Kier molecular flexibility index (Phi) is 5.57. The number of carbonyl (C=O) groups excluding carboxylic acids is 1. The SMILES string of the molecule is CC=CC=CCC1=C(CCCO)C(=O)OC1. The van der Waals surface area contributed by atoms with Crippen LogP contribution >= 0.6 is 0 Å². The molecule has 0 spiro atoms. The highest BCUT2D eigenvalue weighted by Gasteiger charge is 2.22. The Bertz CT molecular complexity index is 324. The van der Waals surface area contributed by atoms with Gasteiger partial charge in [-0.2, -0.15) is 0 Å².